The average Bonchev–Trinajstić information content (AvgIpc) is 2.33. The van der Waals surface area contributed by atoms with Gasteiger partial charge in [0.05, 0.1) is 5.02 Å². The standard InChI is InChI=1S/C15H14BrClN2S/c1-8-5-10(16)6-9(2)14(8)19-11-3-4-12(15(18)20)13(17)7-11/h3-7,19H,1-2H3,(H2,18,20). The van der Waals surface area contributed by atoms with Gasteiger partial charge in [-0.1, -0.05) is 39.7 Å². The molecule has 0 unspecified atom stereocenters. The van der Waals surface area contributed by atoms with E-state index in [1.54, 1.807) is 0 Å². The molecular weight excluding hydrogens is 356 g/mol. The zero-order chi connectivity index (χ0) is 14.9. The van der Waals surface area contributed by atoms with Crippen molar-refractivity contribution in [2.24, 2.45) is 5.73 Å². The molecule has 5 heteroatoms. The molecular formula is C15H14BrClN2S. The van der Waals surface area contributed by atoms with Gasteiger partial charge in [-0.2, -0.15) is 0 Å². The Kier molecular flexibility index (Phi) is 4.68. The number of thiocarbonyl (C=S) groups is 1. The Bertz CT molecular complexity index is 663. The van der Waals surface area contributed by atoms with Crippen molar-refractivity contribution in [2.45, 2.75) is 13.8 Å². The molecule has 3 N–H and O–H groups in total. The van der Waals surface area contributed by atoms with Gasteiger partial charge in [0.2, 0.25) is 0 Å². The minimum atomic E-state index is 0.303. The van der Waals surface area contributed by atoms with Gasteiger partial charge in [-0.3, -0.25) is 0 Å². The molecule has 0 aromatic heterocycles. The van der Waals surface area contributed by atoms with Crippen LogP contribution in [-0.4, -0.2) is 4.99 Å². The average molecular weight is 370 g/mol. The lowest BCUT2D eigenvalue weighted by Crippen LogP contribution is -2.10. The molecule has 2 rings (SSSR count). The van der Waals surface area contributed by atoms with Gasteiger partial charge >= 0.3 is 0 Å². The second-order valence-electron chi connectivity index (χ2n) is 4.60. The van der Waals surface area contributed by atoms with Crippen LogP contribution in [-0.2, 0) is 0 Å². The molecule has 104 valence electrons. The first-order chi connectivity index (χ1) is 9.38. The third kappa shape index (κ3) is 3.32. The summed E-state index contributed by atoms with van der Waals surface area (Å²) in [6.45, 7) is 4.12. The highest BCUT2D eigenvalue weighted by Crippen LogP contribution is 2.29. The molecule has 0 aliphatic heterocycles. The summed E-state index contributed by atoms with van der Waals surface area (Å²) in [7, 11) is 0. The Morgan fingerprint density at radius 2 is 1.80 bits per heavy atom. The molecule has 0 heterocycles. The summed E-state index contributed by atoms with van der Waals surface area (Å²) in [5.41, 5.74) is 10.6. The van der Waals surface area contributed by atoms with E-state index in [0.717, 1.165) is 27.0 Å². The molecule has 0 aliphatic carbocycles. The monoisotopic (exact) mass is 368 g/mol. The predicted molar refractivity (Wildman–Crippen MR) is 94.2 cm³/mol. The number of hydrogen-bond donors (Lipinski definition) is 2. The van der Waals surface area contributed by atoms with E-state index in [0.29, 0.717) is 15.6 Å². The van der Waals surface area contributed by atoms with Crippen molar-refractivity contribution in [1.29, 1.82) is 0 Å². The van der Waals surface area contributed by atoms with Crippen LogP contribution in [0.1, 0.15) is 16.7 Å². The van der Waals surface area contributed by atoms with Gasteiger partial charge in [-0.25, -0.2) is 0 Å². The summed E-state index contributed by atoms with van der Waals surface area (Å²) in [4.78, 5) is 0.303. The third-order valence-electron chi connectivity index (χ3n) is 3.00. The number of aryl methyl sites for hydroxylation is 2. The number of nitrogens with one attached hydrogen (secondary N) is 1. The fourth-order valence-electron chi connectivity index (χ4n) is 2.04. The number of anilines is 2. The number of halogens is 2. The van der Waals surface area contributed by atoms with Crippen LogP contribution < -0.4 is 11.1 Å². The maximum absolute atomic E-state index is 6.18. The van der Waals surface area contributed by atoms with Crippen molar-refractivity contribution < 1.29 is 0 Å². The van der Waals surface area contributed by atoms with Crippen LogP contribution >= 0.6 is 39.7 Å². The normalized spacial score (nSPS) is 10.4. The summed E-state index contributed by atoms with van der Waals surface area (Å²) < 4.78 is 1.07. The Balaban J connectivity index is 2.36. The van der Waals surface area contributed by atoms with Gasteiger partial charge < -0.3 is 11.1 Å². The highest BCUT2D eigenvalue weighted by molar-refractivity contribution is 9.10. The van der Waals surface area contributed by atoms with Crippen molar-refractivity contribution in [3.63, 3.8) is 0 Å². The van der Waals surface area contributed by atoms with Crippen LogP contribution in [0.25, 0.3) is 0 Å². The first-order valence-corrected chi connectivity index (χ1v) is 7.59. The minimum absolute atomic E-state index is 0.303. The molecule has 0 saturated carbocycles. The van der Waals surface area contributed by atoms with Gasteiger partial charge in [0.1, 0.15) is 4.99 Å². The molecule has 0 bridgehead atoms. The maximum Gasteiger partial charge on any atom is 0.105 e. The topological polar surface area (TPSA) is 38.0 Å². The molecule has 0 amide bonds. The van der Waals surface area contributed by atoms with Crippen LogP contribution in [0, 0.1) is 13.8 Å². The van der Waals surface area contributed by atoms with E-state index in [-0.39, 0.29) is 0 Å². The van der Waals surface area contributed by atoms with Crippen LogP contribution in [0.2, 0.25) is 5.02 Å². The van der Waals surface area contributed by atoms with Crippen LogP contribution in [0.4, 0.5) is 11.4 Å². The Labute approximate surface area is 137 Å². The van der Waals surface area contributed by atoms with E-state index in [9.17, 15) is 0 Å². The first-order valence-electron chi connectivity index (χ1n) is 6.01. The van der Waals surface area contributed by atoms with E-state index in [1.807, 2.05) is 18.2 Å². The van der Waals surface area contributed by atoms with Crippen molar-refractivity contribution in [1.82, 2.24) is 0 Å². The summed E-state index contributed by atoms with van der Waals surface area (Å²) in [6, 6.07) is 9.72. The molecule has 0 saturated heterocycles. The molecule has 0 aliphatic rings. The van der Waals surface area contributed by atoms with Gasteiger partial charge in [0, 0.05) is 21.4 Å². The predicted octanol–water partition coefficient (Wildman–Crippen LogP) is 5.10. The lowest BCUT2D eigenvalue weighted by molar-refractivity contribution is 1.34. The number of hydrogen-bond acceptors (Lipinski definition) is 2. The van der Waals surface area contributed by atoms with Crippen LogP contribution in [0.15, 0.2) is 34.8 Å². The van der Waals surface area contributed by atoms with Gasteiger partial charge in [-0.05, 0) is 55.3 Å². The van der Waals surface area contributed by atoms with Gasteiger partial charge in [0.15, 0.2) is 0 Å². The molecule has 0 radical (unpaired) electrons. The highest BCUT2D eigenvalue weighted by Gasteiger charge is 2.08. The van der Waals surface area contributed by atoms with E-state index < -0.39 is 0 Å². The van der Waals surface area contributed by atoms with Crippen molar-refractivity contribution in [2.75, 3.05) is 5.32 Å². The fourth-order valence-corrected chi connectivity index (χ4v) is 3.25. The SMILES string of the molecule is Cc1cc(Br)cc(C)c1Nc1ccc(C(N)=S)c(Cl)c1. The van der Waals surface area contributed by atoms with Crippen LogP contribution in [0.5, 0.6) is 0 Å². The quantitative estimate of drug-likeness (QED) is 0.739. The number of rotatable bonds is 3. The highest BCUT2D eigenvalue weighted by atomic mass is 79.9. The van der Waals surface area contributed by atoms with Crippen LogP contribution in [0.3, 0.4) is 0 Å². The summed E-state index contributed by atoms with van der Waals surface area (Å²) in [6.07, 6.45) is 0. The summed E-state index contributed by atoms with van der Waals surface area (Å²) in [5.74, 6) is 0. The van der Waals surface area contributed by atoms with Gasteiger partial charge in [-0.15, -0.1) is 0 Å². The molecule has 0 atom stereocenters. The summed E-state index contributed by atoms with van der Waals surface area (Å²) >= 11 is 14.6. The summed E-state index contributed by atoms with van der Waals surface area (Å²) in [5, 5.41) is 3.94. The Morgan fingerprint density at radius 3 is 2.30 bits per heavy atom. The largest absolute Gasteiger partial charge is 0.389 e. The number of nitrogens with two attached hydrogens (primary N) is 1. The lowest BCUT2D eigenvalue weighted by Gasteiger charge is -2.14. The second-order valence-corrected chi connectivity index (χ2v) is 6.36. The molecule has 0 fully saturated rings. The first kappa shape index (κ1) is 15.3. The van der Waals surface area contributed by atoms with E-state index in [2.05, 4.69) is 47.2 Å². The van der Waals surface area contributed by atoms with Crippen molar-refractivity contribution in [3.05, 3.63) is 56.5 Å². The Morgan fingerprint density at radius 1 is 1.20 bits per heavy atom. The molecule has 2 nitrogen and oxygen atoms in total. The molecule has 20 heavy (non-hydrogen) atoms. The Hall–Kier alpha value is -1.10. The molecule has 2 aromatic carbocycles. The maximum atomic E-state index is 6.18. The molecule has 2 aromatic rings. The van der Waals surface area contributed by atoms with E-state index in [4.69, 9.17) is 29.6 Å². The van der Waals surface area contributed by atoms with Crippen molar-refractivity contribution >= 4 is 56.1 Å². The fraction of sp³-hybridized carbons (Fsp3) is 0.133. The van der Waals surface area contributed by atoms with Crippen molar-refractivity contribution in [3.8, 4) is 0 Å². The minimum Gasteiger partial charge on any atom is -0.389 e. The number of benzene rings is 2. The molecule has 0 spiro atoms. The van der Waals surface area contributed by atoms with E-state index >= 15 is 0 Å². The van der Waals surface area contributed by atoms with E-state index in [1.165, 1.54) is 0 Å². The lowest BCUT2D eigenvalue weighted by atomic mass is 10.1. The zero-order valence-electron chi connectivity index (χ0n) is 11.1. The second kappa shape index (κ2) is 6.12. The van der Waals surface area contributed by atoms with Gasteiger partial charge in [0.25, 0.3) is 0 Å². The smallest absolute Gasteiger partial charge is 0.105 e. The third-order valence-corrected chi connectivity index (χ3v) is 3.99. The zero-order valence-corrected chi connectivity index (χ0v) is 14.3.